The number of carbonyl (C=O) groups excluding carboxylic acids is 1. The van der Waals surface area contributed by atoms with Crippen molar-refractivity contribution in [1.29, 1.82) is 0 Å². The molecule has 2 unspecified atom stereocenters. The van der Waals surface area contributed by atoms with E-state index in [0.29, 0.717) is 23.7 Å². The van der Waals surface area contributed by atoms with E-state index in [1.54, 1.807) is 6.07 Å². The average Bonchev–Trinajstić information content (AvgIpc) is 2.47. The van der Waals surface area contributed by atoms with Crippen LogP contribution in [0.15, 0.2) is 18.2 Å². The first kappa shape index (κ1) is 16.1. The van der Waals surface area contributed by atoms with Crippen LogP contribution in [0.1, 0.15) is 37.6 Å². The molecule has 0 aliphatic carbocycles. The number of benzene rings is 1. The van der Waals surface area contributed by atoms with Crippen molar-refractivity contribution in [2.24, 2.45) is 0 Å². The van der Waals surface area contributed by atoms with Gasteiger partial charge in [-0.15, -0.1) is 0 Å². The van der Waals surface area contributed by atoms with Crippen molar-refractivity contribution >= 4 is 23.2 Å². The van der Waals surface area contributed by atoms with E-state index in [1.165, 1.54) is 0 Å². The fraction of sp³-hybridized carbons (Fsp3) is 0.562. The van der Waals surface area contributed by atoms with Gasteiger partial charge >= 0.3 is 0 Å². The van der Waals surface area contributed by atoms with Crippen LogP contribution in [0.25, 0.3) is 0 Å². The van der Waals surface area contributed by atoms with E-state index < -0.39 is 0 Å². The number of hydrogen-bond donors (Lipinski definition) is 1. The molecule has 1 aliphatic rings. The number of anilines is 1. The number of morpholine rings is 1. The number of hydrogen-bond acceptors (Lipinski definition) is 3. The Morgan fingerprint density at radius 2 is 2.24 bits per heavy atom. The summed E-state index contributed by atoms with van der Waals surface area (Å²) in [6, 6.07) is 5.50. The number of amides is 1. The van der Waals surface area contributed by atoms with Crippen LogP contribution in [0.3, 0.4) is 0 Å². The van der Waals surface area contributed by atoms with Crippen molar-refractivity contribution in [3.63, 3.8) is 0 Å². The van der Waals surface area contributed by atoms with Gasteiger partial charge in [-0.05, 0) is 38.5 Å². The lowest BCUT2D eigenvalue weighted by atomic mass is 10.1. The quantitative estimate of drug-likeness (QED) is 0.926. The molecule has 5 heteroatoms. The third-order valence-electron chi connectivity index (χ3n) is 3.65. The first-order valence-corrected chi connectivity index (χ1v) is 7.86. The topological polar surface area (TPSA) is 41.6 Å². The van der Waals surface area contributed by atoms with Crippen LogP contribution >= 0.6 is 11.6 Å². The van der Waals surface area contributed by atoms with Crippen LogP contribution in [0.5, 0.6) is 0 Å². The fourth-order valence-electron chi connectivity index (χ4n) is 2.45. The van der Waals surface area contributed by atoms with Crippen LogP contribution in [0, 0.1) is 0 Å². The summed E-state index contributed by atoms with van der Waals surface area (Å²) < 4.78 is 5.59. The molecule has 1 aliphatic heterocycles. The monoisotopic (exact) mass is 310 g/mol. The van der Waals surface area contributed by atoms with Crippen molar-refractivity contribution in [2.75, 3.05) is 25.0 Å². The van der Waals surface area contributed by atoms with Gasteiger partial charge in [-0.1, -0.05) is 18.5 Å². The predicted molar refractivity (Wildman–Crippen MR) is 86.1 cm³/mol. The summed E-state index contributed by atoms with van der Waals surface area (Å²) in [5.41, 5.74) is 1.48. The van der Waals surface area contributed by atoms with E-state index in [1.807, 2.05) is 30.9 Å². The number of rotatable bonds is 4. The normalized spacial score (nSPS) is 22.2. The van der Waals surface area contributed by atoms with Gasteiger partial charge in [0.05, 0.1) is 24.3 Å². The summed E-state index contributed by atoms with van der Waals surface area (Å²) in [6.07, 6.45) is 1.07. The number of ether oxygens (including phenoxy) is 1. The second-order valence-corrected chi connectivity index (χ2v) is 6.00. The molecular weight excluding hydrogens is 288 g/mol. The van der Waals surface area contributed by atoms with Crippen LogP contribution in [0.2, 0.25) is 5.02 Å². The van der Waals surface area contributed by atoms with Gasteiger partial charge in [0.25, 0.3) is 5.91 Å². The highest BCUT2D eigenvalue weighted by molar-refractivity contribution is 6.31. The van der Waals surface area contributed by atoms with E-state index in [2.05, 4.69) is 12.2 Å². The van der Waals surface area contributed by atoms with E-state index in [9.17, 15) is 4.79 Å². The molecule has 0 radical (unpaired) electrons. The molecule has 116 valence electrons. The Bertz CT molecular complexity index is 507. The molecule has 0 saturated carbocycles. The summed E-state index contributed by atoms with van der Waals surface area (Å²) in [6.45, 7) is 8.10. The van der Waals surface area contributed by atoms with E-state index in [-0.39, 0.29) is 18.1 Å². The maximum Gasteiger partial charge on any atom is 0.256 e. The summed E-state index contributed by atoms with van der Waals surface area (Å²) in [5.74, 6) is 0.0127. The van der Waals surface area contributed by atoms with E-state index in [0.717, 1.165) is 18.7 Å². The first-order chi connectivity index (χ1) is 10.0. The molecule has 2 rings (SSSR count). The lowest BCUT2D eigenvalue weighted by molar-refractivity contribution is -0.0386. The van der Waals surface area contributed by atoms with Gasteiger partial charge in [0.15, 0.2) is 0 Å². The second kappa shape index (κ2) is 7.14. The molecule has 21 heavy (non-hydrogen) atoms. The Morgan fingerprint density at radius 3 is 2.95 bits per heavy atom. The van der Waals surface area contributed by atoms with Gasteiger partial charge in [-0.25, -0.2) is 0 Å². The van der Waals surface area contributed by atoms with Crippen LogP contribution in [0.4, 0.5) is 5.69 Å². The summed E-state index contributed by atoms with van der Waals surface area (Å²) in [7, 11) is 0. The van der Waals surface area contributed by atoms with E-state index >= 15 is 0 Å². The fourth-order valence-corrected chi connectivity index (χ4v) is 2.62. The number of carbonyl (C=O) groups is 1. The standard InChI is InChI=1S/C16H23ClN2O2/c1-4-7-18-15-6-5-13(17)8-14(15)16(20)19-9-12(3)21-10-11(19)2/h5-6,8,11-12,18H,4,7,9-10H2,1-3H3. The largest absolute Gasteiger partial charge is 0.384 e. The minimum atomic E-state index is 0.0127. The zero-order chi connectivity index (χ0) is 15.4. The Kier molecular flexibility index (Phi) is 5.48. The van der Waals surface area contributed by atoms with Crippen LogP contribution in [-0.2, 0) is 4.74 Å². The highest BCUT2D eigenvalue weighted by atomic mass is 35.5. The Balaban J connectivity index is 2.26. The molecule has 1 amide bonds. The van der Waals surface area contributed by atoms with Gasteiger partial charge < -0.3 is 15.0 Å². The summed E-state index contributed by atoms with van der Waals surface area (Å²) in [4.78, 5) is 14.7. The molecule has 1 N–H and O–H groups in total. The Labute approximate surface area is 131 Å². The van der Waals surface area contributed by atoms with Crippen molar-refractivity contribution in [2.45, 2.75) is 39.3 Å². The van der Waals surface area contributed by atoms with Gasteiger partial charge in [0.2, 0.25) is 0 Å². The minimum Gasteiger partial charge on any atom is -0.384 e. The Morgan fingerprint density at radius 1 is 1.48 bits per heavy atom. The number of nitrogens with one attached hydrogen (secondary N) is 1. The molecule has 1 aromatic rings. The zero-order valence-electron chi connectivity index (χ0n) is 12.9. The molecule has 1 fully saturated rings. The molecule has 1 heterocycles. The number of halogens is 1. The van der Waals surface area contributed by atoms with E-state index in [4.69, 9.17) is 16.3 Å². The minimum absolute atomic E-state index is 0.0127. The molecular formula is C16H23ClN2O2. The zero-order valence-corrected chi connectivity index (χ0v) is 13.6. The molecule has 2 atom stereocenters. The molecule has 1 saturated heterocycles. The molecule has 1 aromatic carbocycles. The average molecular weight is 311 g/mol. The Hall–Kier alpha value is -1.26. The lowest BCUT2D eigenvalue weighted by Gasteiger charge is -2.37. The van der Waals surface area contributed by atoms with Crippen molar-refractivity contribution in [3.05, 3.63) is 28.8 Å². The molecule has 0 aromatic heterocycles. The smallest absolute Gasteiger partial charge is 0.256 e. The SMILES string of the molecule is CCCNc1ccc(Cl)cc1C(=O)N1CC(C)OCC1C. The third kappa shape index (κ3) is 3.89. The highest BCUT2D eigenvalue weighted by Crippen LogP contribution is 2.24. The lowest BCUT2D eigenvalue weighted by Crippen LogP contribution is -2.50. The first-order valence-electron chi connectivity index (χ1n) is 7.49. The third-order valence-corrected chi connectivity index (χ3v) is 3.88. The summed E-state index contributed by atoms with van der Waals surface area (Å²) in [5, 5.41) is 3.88. The van der Waals surface area contributed by atoms with Gasteiger partial charge in [-0.2, -0.15) is 0 Å². The summed E-state index contributed by atoms with van der Waals surface area (Å²) >= 11 is 6.08. The molecule has 0 bridgehead atoms. The maximum absolute atomic E-state index is 12.9. The highest BCUT2D eigenvalue weighted by Gasteiger charge is 2.29. The van der Waals surface area contributed by atoms with Gasteiger partial charge in [-0.3, -0.25) is 4.79 Å². The second-order valence-electron chi connectivity index (χ2n) is 5.57. The number of nitrogens with zero attached hydrogens (tertiary/aromatic N) is 1. The van der Waals surface area contributed by atoms with Crippen molar-refractivity contribution < 1.29 is 9.53 Å². The van der Waals surface area contributed by atoms with Crippen molar-refractivity contribution in [3.8, 4) is 0 Å². The van der Waals surface area contributed by atoms with Crippen LogP contribution in [-0.4, -0.2) is 42.6 Å². The van der Waals surface area contributed by atoms with Gasteiger partial charge in [0.1, 0.15) is 0 Å². The van der Waals surface area contributed by atoms with Gasteiger partial charge in [0, 0.05) is 23.8 Å². The maximum atomic E-state index is 12.9. The predicted octanol–water partition coefficient (Wildman–Crippen LogP) is 3.41. The molecule has 0 spiro atoms. The van der Waals surface area contributed by atoms with Crippen LogP contribution < -0.4 is 5.32 Å². The van der Waals surface area contributed by atoms with Crippen molar-refractivity contribution in [1.82, 2.24) is 4.90 Å². The molecule has 4 nitrogen and oxygen atoms in total.